The molecule has 2 rings (SSSR count). The highest BCUT2D eigenvalue weighted by atomic mass is 32.2. The quantitative estimate of drug-likeness (QED) is 0.818. The lowest BCUT2D eigenvalue weighted by atomic mass is 10.1. The first-order valence-corrected chi connectivity index (χ1v) is 8.49. The molecule has 118 valence electrons. The fraction of sp³-hybridized carbons (Fsp3) is 0.667. The summed E-state index contributed by atoms with van der Waals surface area (Å²) >= 11 is 0. The predicted octanol–water partition coefficient (Wildman–Crippen LogP) is 0.0118. The highest BCUT2D eigenvalue weighted by Gasteiger charge is 2.24. The van der Waals surface area contributed by atoms with E-state index in [1.165, 1.54) is 14.2 Å². The second-order valence-electron chi connectivity index (χ2n) is 4.93. The van der Waals surface area contributed by atoms with Gasteiger partial charge in [0.15, 0.2) is 0 Å². The van der Waals surface area contributed by atoms with E-state index in [4.69, 9.17) is 9.47 Å². The van der Waals surface area contributed by atoms with Crippen molar-refractivity contribution in [3.63, 3.8) is 0 Å². The van der Waals surface area contributed by atoms with E-state index in [2.05, 4.69) is 14.7 Å². The van der Waals surface area contributed by atoms with Gasteiger partial charge in [0.05, 0.1) is 26.5 Å². The van der Waals surface area contributed by atoms with Gasteiger partial charge < -0.3 is 14.4 Å². The largest absolute Gasteiger partial charge is 0.481 e. The number of nitrogens with zero attached hydrogens (tertiary/aromatic N) is 3. The molecule has 0 spiro atoms. The van der Waals surface area contributed by atoms with Gasteiger partial charge in [-0.1, -0.05) is 0 Å². The van der Waals surface area contributed by atoms with Gasteiger partial charge in [-0.25, -0.2) is 13.1 Å². The zero-order valence-electron chi connectivity index (χ0n) is 12.4. The molecule has 1 aromatic rings. The van der Waals surface area contributed by atoms with Crippen LogP contribution in [-0.2, 0) is 10.0 Å². The Hall–Kier alpha value is -1.61. The Morgan fingerprint density at radius 3 is 2.43 bits per heavy atom. The molecule has 1 saturated heterocycles. The van der Waals surface area contributed by atoms with Crippen molar-refractivity contribution in [2.75, 3.05) is 38.5 Å². The molecule has 1 aliphatic heterocycles. The first-order valence-electron chi connectivity index (χ1n) is 6.60. The van der Waals surface area contributed by atoms with E-state index in [9.17, 15) is 8.42 Å². The third kappa shape index (κ3) is 4.43. The molecule has 0 aromatic carbocycles. The first-order chi connectivity index (χ1) is 9.91. The second-order valence-corrected chi connectivity index (χ2v) is 6.71. The summed E-state index contributed by atoms with van der Waals surface area (Å²) < 4.78 is 35.6. The third-order valence-electron chi connectivity index (χ3n) is 3.17. The number of ether oxygens (including phenoxy) is 2. The van der Waals surface area contributed by atoms with Crippen LogP contribution >= 0.6 is 0 Å². The number of piperidine rings is 1. The van der Waals surface area contributed by atoms with Crippen LogP contribution in [0.25, 0.3) is 0 Å². The van der Waals surface area contributed by atoms with Gasteiger partial charge in [-0.3, -0.25) is 0 Å². The Bertz CT molecular complexity index is 571. The maximum atomic E-state index is 11.3. The van der Waals surface area contributed by atoms with Crippen molar-refractivity contribution in [1.82, 2.24) is 14.7 Å². The first kappa shape index (κ1) is 15.8. The van der Waals surface area contributed by atoms with Crippen LogP contribution in [-0.4, -0.2) is 58.0 Å². The normalized spacial score (nSPS) is 19.4. The van der Waals surface area contributed by atoms with E-state index >= 15 is 0 Å². The number of methoxy groups -OCH3 is 2. The van der Waals surface area contributed by atoms with Crippen molar-refractivity contribution in [1.29, 1.82) is 0 Å². The molecule has 0 aliphatic carbocycles. The van der Waals surface area contributed by atoms with Crippen LogP contribution in [0.4, 0.5) is 5.95 Å². The van der Waals surface area contributed by atoms with Gasteiger partial charge >= 0.3 is 0 Å². The van der Waals surface area contributed by atoms with Gasteiger partial charge in [-0.05, 0) is 12.8 Å². The summed E-state index contributed by atoms with van der Waals surface area (Å²) in [6.45, 7) is 1.28. The smallest absolute Gasteiger partial charge is 0.232 e. The second kappa shape index (κ2) is 6.44. The number of sulfonamides is 1. The highest BCUT2D eigenvalue weighted by Crippen LogP contribution is 2.22. The Kier molecular flexibility index (Phi) is 4.84. The van der Waals surface area contributed by atoms with Crippen molar-refractivity contribution in [2.45, 2.75) is 18.9 Å². The molecule has 1 aromatic heterocycles. The molecule has 1 N–H and O–H groups in total. The van der Waals surface area contributed by atoms with Crippen LogP contribution in [0.1, 0.15) is 12.8 Å². The zero-order valence-corrected chi connectivity index (χ0v) is 13.2. The van der Waals surface area contributed by atoms with Gasteiger partial charge in [0.1, 0.15) is 0 Å². The molecular weight excluding hydrogens is 296 g/mol. The van der Waals surface area contributed by atoms with E-state index in [-0.39, 0.29) is 6.04 Å². The molecule has 0 bridgehead atoms. The maximum Gasteiger partial charge on any atom is 0.232 e. The number of hydrogen-bond acceptors (Lipinski definition) is 7. The minimum absolute atomic E-state index is 0.144. The van der Waals surface area contributed by atoms with Crippen molar-refractivity contribution in [3.05, 3.63) is 6.07 Å². The summed E-state index contributed by atoms with van der Waals surface area (Å²) in [7, 11) is -0.175. The molecular formula is C12H20N4O4S. The van der Waals surface area contributed by atoms with Crippen LogP contribution in [0.2, 0.25) is 0 Å². The minimum Gasteiger partial charge on any atom is -0.481 e. The number of anilines is 1. The molecule has 21 heavy (non-hydrogen) atoms. The molecule has 1 aliphatic rings. The molecule has 0 amide bonds. The van der Waals surface area contributed by atoms with Crippen LogP contribution in [0.3, 0.4) is 0 Å². The fourth-order valence-corrected chi connectivity index (χ4v) is 3.10. The molecule has 1 unspecified atom stereocenters. The van der Waals surface area contributed by atoms with Crippen LogP contribution < -0.4 is 19.1 Å². The zero-order chi connectivity index (χ0) is 15.5. The van der Waals surface area contributed by atoms with E-state index in [1.54, 1.807) is 6.07 Å². The summed E-state index contributed by atoms with van der Waals surface area (Å²) in [5, 5.41) is 0. The van der Waals surface area contributed by atoms with Gasteiger partial charge in [0.2, 0.25) is 27.7 Å². The van der Waals surface area contributed by atoms with Crippen LogP contribution in [0.5, 0.6) is 11.8 Å². The lowest BCUT2D eigenvalue weighted by Crippen LogP contribution is -2.48. The fourth-order valence-electron chi connectivity index (χ4n) is 2.30. The molecule has 0 radical (unpaired) electrons. The Morgan fingerprint density at radius 2 is 1.90 bits per heavy atom. The summed E-state index contributed by atoms with van der Waals surface area (Å²) in [6.07, 6.45) is 2.82. The molecule has 1 fully saturated rings. The maximum absolute atomic E-state index is 11.3. The monoisotopic (exact) mass is 316 g/mol. The van der Waals surface area contributed by atoms with Gasteiger partial charge in [-0.15, -0.1) is 0 Å². The lowest BCUT2D eigenvalue weighted by Gasteiger charge is -2.32. The van der Waals surface area contributed by atoms with E-state index in [0.717, 1.165) is 25.6 Å². The Balaban J connectivity index is 2.17. The van der Waals surface area contributed by atoms with Crippen LogP contribution in [0.15, 0.2) is 6.07 Å². The summed E-state index contributed by atoms with van der Waals surface area (Å²) in [6, 6.07) is 1.45. The van der Waals surface area contributed by atoms with Crippen molar-refractivity contribution >= 4 is 16.0 Å². The Morgan fingerprint density at radius 1 is 1.29 bits per heavy atom. The van der Waals surface area contributed by atoms with Crippen molar-refractivity contribution < 1.29 is 17.9 Å². The van der Waals surface area contributed by atoms with Crippen LogP contribution in [0, 0.1) is 0 Å². The van der Waals surface area contributed by atoms with E-state index < -0.39 is 10.0 Å². The predicted molar refractivity (Wildman–Crippen MR) is 78.4 cm³/mol. The molecule has 0 saturated carbocycles. The third-order valence-corrected chi connectivity index (χ3v) is 3.93. The van der Waals surface area contributed by atoms with E-state index in [0.29, 0.717) is 24.3 Å². The van der Waals surface area contributed by atoms with Gasteiger partial charge in [0.25, 0.3) is 0 Å². The topological polar surface area (TPSA) is 93.7 Å². The summed E-state index contributed by atoms with van der Waals surface area (Å²) in [4.78, 5) is 10.5. The highest BCUT2D eigenvalue weighted by molar-refractivity contribution is 7.88. The summed E-state index contributed by atoms with van der Waals surface area (Å²) in [5.74, 6) is 1.30. The number of nitrogens with one attached hydrogen (secondary N) is 1. The Labute approximate surface area is 124 Å². The minimum atomic E-state index is -3.22. The van der Waals surface area contributed by atoms with Crippen molar-refractivity contribution in [2.24, 2.45) is 0 Å². The molecule has 1 atom stereocenters. The summed E-state index contributed by atoms with van der Waals surface area (Å²) in [5.41, 5.74) is 0. The van der Waals surface area contributed by atoms with Gasteiger partial charge in [-0.2, -0.15) is 9.97 Å². The average molecular weight is 316 g/mol. The standard InChI is InChI=1S/C12H20N4O4S/c1-19-10-7-11(20-2)14-12(13-10)16-6-4-5-9(8-16)15-21(3,17)18/h7,9,15H,4-6,8H2,1-3H3. The van der Waals surface area contributed by atoms with E-state index in [1.807, 2.05) is 4.90 Å². The molecule has 8 nitrogen and oxygen atoms in total. The number of aromatic nitrogens is 2. The molecule has 2 heterocycles. The molecule has 9 heteroatoms. The van der Waals surface area contributed by atoms with Crippen molar-refractivity contribution in [3.8, 4) is 11.8 Å². The average Bonchev–Trinajstić information content (AvgIpc) is 2.45. The number of rotatable bonds is 5. The van der Waals surface area contributed by atoms with Gasteiger partial charge in [0, 0.05) is 19.1 Å². The number of hydrogen-bond donors (Lipinski definition) is 1. The lowest BCUT2D eigenvalue weighted by molar-refractivity contribution is 0.369. The SMILES string of the molecule is COc1cc(OC)nc(N2CCCC(NS(C)(=O)=O)C2)n1.